The van der Waals surface area contributed by atoms with E-state index in [-0.39, 0.29) is 10.8 Å². The SMILES string of the molecule is CC(C)(C)[Si](C)(C)Oc1ccccc1C(=O)c1ccc(C#N)cc1. The quantitative estimate of drug-likeness (QED) is 0.571. The van der Waals surface area contributed by atoms with Crippen molar-refractivity contribution in [2.75, 3.05) is 0 Å². The summed E-state index contributed by atoms with van der Waals surface area (Å²) in [6.07, 6.45) is 0. The molecule has 0 N–H and O–H groups in total. The van der Waals surface area contributed by atoms with Crippen molar-refractivity contribution in [2.24, 2.45) is 0 Å². The smallest absolute Gasteiger partial charge is 0.250 e. The molecule has 4 heteroatoms. The van der Waals surface area contributed by atoms with Gasteiger partial charge in [0.2, 0.25) is 0 Å². The van der Waals surface area contributed by atoms with Crippen molar-refractivity contribution in [3.63, 3.8) is 0 Å². The van der Waals surface area contributed by atoms with Crippen molar-refractivity contribution in [2.45, 2.75) is 38.9 Å². The topological polar surface area (TPSA) is 50.1 Å². The van der Waals surface area contributed by atoms with Crippen molar-refractivity contribution < 1.29 is 9.22 Å². The maximum absolute atomic E-state index is 12.9. The van der Waals surface area contributed by atoms with Gasteiger partial charge < -0.3 is 4.43 Å². The van der Waals surface area contributed by atoms with Crippen LogP contribution in [0, 0.1) is 11.3 Å². The van der Waals surface area contributed by atoms with Crippen LogP contribution in [0.15, 0.2) is 48.5 Å². The highest BCUT2D eigenvalue weighted by molar-refractivity contribution is 6.74. The van der Waals surface area contributed by atoms with E-state index in [1.54, 1.807) is 30.3 Å². The Labute approximate surface area is 145 Å². The van der Waals surface area contributed by atoms with Crippen LogP contribution in [0.2, 0.25) is 18.1 Å². The molecule has 0 aliphatic carbocycles. The van der Waals surface area contributed by atoms with Gasteiger partial charge in [0.05, 0.1) is 17.2 Å². The Morgan fingerprint density at radius 2 is 1.62 bits per heavy atom. The molecule has 0 heterocycles. The summed E-state index contributed by atoms with van der Waals surface area (Å²) in [7, 11) is -2.03. The molecule has 0 fully saturated rings. The molecular formula is C20H23NO2Si. The zero-order chi connectivity index (χ0) is 18.0. The maximum atomic E-state index is 12.9. The second-order valence-corrected chi connectivity index (χ2v) is 12.1. The summed E-state index contributed by atoms with van der Waals surface area (Å²) in [4.78, 5) is 12.9. The summed E-state index contributed by atoms with van der Waals surface area (Å²) in [6.45, 7) is 10.8. The van der Waals surface area contributed by atoms with E-state index in [9.17, 15) is 4.79 Å². The maximum Gasteiger partial charge on any atom is 0.250 e. The molecule has 0 bridgehead atoms. The number of nitrogens with zero attached hydrogens (tertiary/aromatic N) is 1. The third kappa shape index (κ3) is 3.74. The van der Waals surface area contributed by atoms with Gasteiger partial charge in [0.15, 0.2) is 5.78 Å². The highest BCUT2D eigenvalue weighted by atomic mass is 28.4. The number of hydrogen-bond donors (Lipinski definition) is 0. The van der Waals surface area contributed by atoms with Crippen LogP contribution in [0.1, 0.15) is 42.3 Å². The molecule has 124 valence electrons. The Hall–Kier alpha value is -2.38. The first-order valence-corrected chi connectivity index (χ1v) is 10.9. The lowest BCUT2D eigenvalue weighted by Crippen LogP contribution is -2.44. The lowest BCUT2D eigenvalue weighted by molar-refractivity contribution is 0.103. The molecular weight excluding hydrogens is 314 g/mol. The zero-order valence-electron chi connectivity index (χ0n) is 14.9. The van der Waals surface area contributed by atoms with Gasteiger partial charge in [0.1, 0.15) is 5.75 Å². The van der Waals surface area contributed by atoms with Gasteiger partial charge in [-0.3, -0.25) is 4.79 Å². The molecule has 0 radical (unpaired) electrons. The van der Waals surface area contributed by atoms with E-state index in [2.05, 4.69) is 39.9 Å². The van der Waals surface area contributed by atoms with Gasteiger partial charge in [-0.1, -0.05) is 32.9 Å². The van der Waals surface area contributed by atoms with Gasteiger partial charge in [-0.2, -0.15) is 5.26 Å². The lowest BCUT2D eigenvalue weighted by atomic mass is 10.0. The van der Waals surface area contributed by atoms with Crippen LogP contribution in [0.4, 0.5) is 0 Å². The summed E-state index contributed by atoms with van der Waals surface area (Å²) < 4.78 is 6.35. The second kappa shape index (κ2) is 6.62. The second-order valence-electron chi connectivity index (χ2n) is 7.38. The van der Waals surface area contributed by atoms with Crippen molar-refractivity contribution in [1.29, 1.82) is 5.26 Å². The summed E-state index contributed by atoms with van der Waals surface area (Å²) >= 11 is 0. The Bertz CT molecular complexity index is 781. The fourth-order valence-electron chi connectivity index (χ4n) is 2.02. The van der Waals surface area contributed by atoms with Gasteiger partial charge >= 0.3 is 0 Å². The van der Waals surface area contributed by atoms with E-state index in [0.29, 0.717) is 22.4 Å². The monoisotopic (exact) mass is 337 g/mol. The normalized spacial score (nSPS) is 11.7. The Morgan fingerprint density at radius 1 is 1.04 bits per heavy atom. The molecule has 0 amide bonds. The number of rotatable bonds is 4. The molecule has 24 heavy (non-hydrogen) atoms. The molecule has 2 aromatic carbocycles. The van der Waals surface area contributed by atoms with Crippen molar-refractivity contribution in [1.82, 2.24) is 0 Å². The molecule has 0 spiro atoms. The van der Waals surface area contributed by atoms with E-state index >= 15 is 0 Å². The summed E-state index contributed by atoms with van der Waals surface area (Å²) in [5, 5.41) is 8.93. The number of ketones is 1. The van der Waals surface area contributed by atoms with E-state index < -0.39 is 8.32 Å². The van der Waals surface area contributed by atoms with Crippen LogP contribution < -0.4 is 4.43 Å². The highest BCUT2D eigenvalue weighted by Gasteiger charge is 2.39. The fourth-order valence-corrected chi connectivity index (χ4v) is 3.06. The van der Waals surface area contributed by atoms with E-state index in [4.69, 9.17) is 9.69 Å². The fraction of sp³-hybridized carbons (Fsp3) is 0.300. The standard InChI is InChI=1S/C20H23NO2Si/c1-20(2,3)24(4,5)23-18-9-7-6-8-17(18)19(22)16-12-10-15(14-21)11-13-16/h6-13H,1-5H3. The number of nitriles is 1. The summed E-state index contributed by atoms with van der Waals surface area (Å²) in [5.41, 5.74) is 1.66. The van der Waals surface area contributed by atoms with Crippen molar-refractivity contribution in [3.05, 3.63) is 65.2 Å². The Kier molecular flexibility index (Phi) is 4.96. The average molecular weight is 337 g/mol. The third-order valence-corrected chi connectivity index (χ3v) is 8.92. The first kappa shape index (κ1) is 18.0. The molecule has 0 aliphatic rings. The minimum Gasteiger partial charge on any atom is -0.543 e. The molecule has 3 nitrogen and oxygen atoms in total. The number of para-hydroxylation sites is 1. The summed E-state index contributed by atoms with van der Waals surface area (Å²) in [5.74, 6) is 0.548. The first-order valence-electron chi connectivity index (χ1n) is 7.98. The molecule has 2 rings (SSSR count). The number of carbonyl (C=O) groups excluding carboxylic acids is 1. The molecule has 2 aromatic rings. The number of hydrogen-bond acceptors (Lipinski definition) is 3. The third-order valence-electron chi connectivity index (χ3n) is 4.58. The van der Waals surface area contributed by atoms with Gasteiger partial charge in [-0.05, 0) is 54.5 Å². The molecule has 0 atom stereocenters. The molecule has 0 saturated heterocycles. The minimum atomic E-state index is -2.03. The van der Waals surface area contributed by atoms with Crippen LogP contribution in [0.3, 0.4) is 0 Å². The van der Waals surface area contributed by atoms with E-state index in [0.717, 1.165) is 0 Å². The van der Waals surface area contributed by atoms with Crippen molar-refractivity contribution >= 4 is 14.1 Å². The molecule has 0 aliphatic heterocycles. The minimum absolute atomic E-state index is 0.0532. The zero-order valence-corrected chi connectivity index (χ0v) is 15.9. The van der Waals surface area contributed by atoms with E-state index in [1.807, 2.05) is 18.2 Å². The number of benzene rings is 2. The van der Waals surface area contributed by atoms with Gasteiger partial charge in [-0.25, -0.2) is 0 Å². The van der Waals surface area contributed by atoms with Crippen LogP contribution in [0.5, 0.6) is 5.75 Å². The first-order chi connectivity index (χ1) is 11.2. The van der Waals surface area contributed by atoms with Gasteiger partial charge in [0, 0.05) is 5.56 Å². The van der Waals surface area contributed by atoms with Crippen LogP contribution in [-0.2, 0) is 0 Å². The van der Waals surface area contributed by atoms with Gasteiger partial charge in [-0.15, -0.1) is 0 Å². The molecule has 0 aromatic heterocycles. The van der Waals surface area contributed by atoms with Crippen LogP contribution in [0.25, 0.3) is 0 Å². The van der Waals surface area contributed by atoms with Crippen LogP contribution >= 0.6 is 0 Å². The largest absolute Gasteiger partial charge is 0.543 e. The molecule has 0 unspecified atom stereocenters. The van der Waals surface area contributed by atoms with E-state index in [1.165, 1.54) is 0 Å². The Balaban J connectivity index is 2.38. The lowest BCUT2D eigenvalue weighted by Gasteiger charge is -2.36. The summed E-state index contributed by atoms with van der Waals surface area (Å²) in [6, 6.07) is 16.1. The molecule has 0 saturated carbocycles. The van der Waals surface area contributed by atoms with Crippen molar-refractivity contribution in [3.8, 4) is 11.8 Å². The van der Waals surface area contributed by atoms with Gasteiger partial charge in [0.25, 0.3) is 8.32 Å². The highest BCUT2D eigenvalue weighted by Crippen LogP contribution is 2.38. The predicted octanol–water partition coefficient (Wildman–Crippen LogP) is 5.17. The predicted molar refractivity (Wildman–Crippen MR) is 98.9 cm³/mol. The number of carbonyl (C=O) groups is 1. The van der Waals surface area contributed by atoms with Crippen LogP contribution in [-0.4, -0.2) is 14.1 Å². The average Bonchev–Trinajstić information content (AvgIpc) is 2.53. The Morgan fingerprint density at radius 3 is 2.17 bits per heavy atom.